The van der Waals surface area contributed by atoms with Crippen molar-refractivity contribution >= 4 is 29.1 Å². The second-order valence-corrected chi connectivity index (χ2v) is 7.87. The molecule has 0 saturated carbocycles. The Morgan fingerprint density at radius 2 is 1.84 bits per heavy atom. The molecule has 2 aromatic carbocycles. The van der Waals surface area contributed by atoms with Crippen molar-refractivity contribution in [3.05, 3.63) is 64.2 Å². The molecule has 1 aliphatic rings. The molecule has 8 heteroatoms. The normalized spacial score (nSPS) is 18.1. The molecule has 7 nitrogen and oxygen atoms in total. The summed E-state index contributed by atoms with van der Waals surface area (Å²) in [4.78, 5) is 29.1. The predicted octanol–water partition coefficient (Wildman–Crippen LogP) is 3.43. The van der Waals surface area contributed by atoms with E-state index in [1.807, 2.05) is 25.9 Å². The Labute approximate surface area is 186 Å². The second kappa shape index (κ2) is 9.41. The van der Waals surface area contributed by atoms with E-state index in [9.17, 15) is 19.8 Å². The fraction of sp³-hybridized carbons (Fsp3) is 0.304. The molecule has 1 saturated heterocycles. The third-order valence-electron chi connectivity index (χ3n) is 5.04. The van der Waals surface area contributed by atoms with Crippen LogP contribution in [-0.2, 0) is 9.59 Å². The first-order valence-electron chi connectivity index (χ1n) is 9.89. The van der Waals surface area contributed by atoms with Crippen LogP contribution in [0.3, 0.4) is 0 Å². The maximum Gasteiger partial charge on any atom is 0.295 e. The molecule has 1 amide bonds. The number of ketones is 1. The second-order valence-electron chi connectivity index (χ2n) is 7.47. The average molecular weight is 445 g/mol. The summed E-state index contributed by atoms with van der Waals surface area (Å²) in [5.74, 6) is -1.24. The molecular weight excluding hydrogens is 420 g/mol. The summed E-state index contributed by atoms with van der Waals surface area (Å²) in [6.07, 6.45) is 0. The largest absolute Gasteiger partial charge is 0.508 e. The third kappa shape index (κ3) is 4.68. The van der Waals surface area contributed by atoms with Crippen LogP contribution in [0.4, 0.5) is 0 Å². The molecular formula is C23H25ClN2O5. The number of hydrogen-bond donors (Lipinski definition) is 2. The van der Waals surface area contributed by atoms with E-state index in [0.717, 1.165) is 0 Å². The third-order valence-corrected chi connectivity index (χ3v) is 5.34. The zero-order valence-electron chi connectivity index (χ0n) is 17.6. The van der Waals surface area contributed by atoms with Crippen molar-refractivity contribution in [2.75, 3.05) is 33.8 Å². The summed E-state index contributed by atoms with van der Waals surface area (Å²) >= 11 is 6.25. The van der Waals surface area contributed by atoms with Gasteiger partial charge in [-0.1, -0.05) is 23.7 Å². The Kier molecular flexibility index (Phi) is 6.87. The first kappa shape index (κ1) is 22.7. The number of likely N-dealkylation sites (tertiary alicyclic amines) is 1. The smallest absolute Gasteiger partial charge is 0.295 e. The Bertz CT molecular complexity index is 1020. The molecule has 1 unspecified atom stereocenters. The Hall–Kier alpha value is -3.03. The minimum atomic E-state index is -0.786. The number of carbonyl (C=O) groups is 2. The molecule has 0 spiro atoms. The van der Waals surface area contributed by atoms with Gasteiger partial charge in [0.05, 0.1) is 23.2 Å². The summed E-state index contributed by atoms with van der Waals surface area (Å²) in [6, 6.07) is 10.1. The molecule has 0 bridgehead atoms. The molecule has 2 N–H and O–H groups in total. The summed E-state index contributed by atoms with van der Waals surface area (Å²) in [7, 11) is 3.74. The van der Waals surface area contributed by atoms with Gasteiger partial charge in [0.25, 0.3) is 11.7 Å². The lowest BCUT2D eigenvalue weighted by Crippen LogP contribution is -2.35. The molecule has 31 heavy (non-hydrogen) atoms. The molecule has 1 atom stereocenters. The average Bonchev–Trinajstić information content (AvgIpc) is 2.98. The van der Waals surface area contributed by atoms with Crippen LogP contribution < -0.4 is 4.74 Å². The summed E-state index contributed by atoms with van der Waals surface area (Å²) in [5.41, 5.74) is 0.895. The minimum absolute atomic E-state index is 0.0188. The lowest BCUT2D eigenvalue weighted by Gasteiger charge is -2.26. The molecule has 1 aliphatic heterocycles. The number of aromatic hydroxyl groups is 1. The molecule has 0 aromatic heterocycles. The van der Waals surface area contributed by atoms with Crippen molar-refractivity contribution in [1.82, 2.24) is 9.80 Å². The van der Waals surface area contributed by atoms with Gasteiger partial charge in [-0.3, -0.25) is 9.59 Å². The van der Waals surface area contributed by atoms with E-state index in [-0.39, 0.29) is 22.1 Å². The van der Waals surface area contributed by atoms with Crippen molar-refractivity contribution < 1.29 is 24.5 Å². The zero-order valence-corrected chi connectivity index (χ0v) is 18.4. The van der Waals surface area contributed by atoms with Crippen LogP contribution in [0.1, 0.15) is 24.1 Å². The van der Waals surface area contributed by atoms with Gasteiger partial charge in [0.1, 0.15) is 17.3 Å². The number of carbonyl (C=O) groups excluding carboxylic acids is 2. The fourth-order valence-corrected chi connectivity index (χ4v) is 3.73. The first-order valence-corrected chi connectivity index (χ1v) is 10.3. The van der Waals surface area contributed by atoms with Crippen molar-refractivity contribution in [3.8, 4) is 11.5 Å². The van der Waals surface area contributed by atoms with Crippen LogP contribution in [0, 0.1) is 0 Å². The molecule has 164 valence electrons. The maximum absolute atomic E-state index is 13.0. The number of aliphatic hydroxyl groups is 1. The maximum atomic E-state index is 13.0. The van der Waals surface area contributed by atoms with E-state index in [4.69, 9.17) is 16.3 Å². The topological polar surface area (TPSA) is 90.3 Å². The van der Waals surface area contributed by atoms with Gasteiger partial charge in [0.15, 0.2) is 0 Å². The number of nitrogens with zero attached hydrogens (tertiary/aromatic N) is 2. The molecule has 0 aliphatic carbocycles. The van der Waals surface area contributed by atoms with Crippen LogP contribution in [0.2, 0.25) is 5.02 Å². The summed E-state index contributed by atoms with van der Waals surface area (Å²) in [6.45, 7) is 3.10. The van der Waals surface area contributed by atoms with E-state index in [0.29, 0.717) is 36.6 Å². The number of amides is 1. The highest BCUT2D eigenvalue weighted by Gasteiger charge is 2.45. The van der Waals surface area contributed by atoms with Gasteiger partial charge in [0.2, 0.25) is 0 Å². The minimum Gasteiger partial charge on any atom is -0.508 e. The van der Waals surface area contributed by atoms with Gasteiger partial charge in [0, 0.05) is 18.7 Å². The monoisotopic (exact) mass is 444 g/mol. The first-order chi connectivity index (χ1) is 14.7. The van der Waals surface area contributed by atoms with E-state index < -0.39 is 17.7 Å². The number of aliphatic hydroxyl groups excluding tert-OH is 1. The fourth-order valence-electron chi connectivity index (χ4n) is 3.50. The molecule has 0 radical (unpaired) electrons. The number of phenolic OH excluding ortho intramolecular Hbond substituents is 1. The number of halogens is 1. The van der Waals surface area contributed by atoms with Crippen LogP contribution >= 0.6 is 11.6 Å². The van der Waals surface area contributed by atoms with E-state index in [1.54, 1.807) is 24.3 Å². The highest BCUT2D eigenvalue weighted by atomic mass is 35.5. The number of phenols is 1. The van der Waals surface area contributed by atoms with Crippen molar-refractivity contribution in [2.45, 2.75) is 13.0 Å². The number of rotatable bonds is 7. The zero-order chi connectivity index (χ0) is 22.7. The molecule has 3 rings (SSSR count). The van der Waals surface area contributed by atoms with Gasteiger partial charge in [-0.15, -0.1) is 0 Å². The SMILES string of the molecule is CCOc1ccc(C(O)=C2C(=O)C(=O)N(CCN(C)C)C2c2ccc(O)cc2)cc1Cl. The lowest BCUT2D eigenvalue weighted by molar-refractivity contribution is -0.140. The molecule has 2 aromatic rings. The number of Topliss-reactive ketones (excluding diaryl/α,β-unsaturated/α-hetero) is 1. The van der Waals surface area contributed by atoms with Crippen molar-refractivity contribution in [2.24, 2.45) is 0 Å². The van der Waals surface area contributed by atoms with E-state index >= 15 is 0 Å². The number of hydrogen-bond acceptors (Lipinski definition) is 6. The van der Waals surface area contributed by atoms with Crippen LogP contribution in [0.25, 0.3) is 5.76 Å². The van der Waals surface area contributed by atoms with Gasteiger partial charge < -0.3 is 24.7 Å². The van der Waals surface area contributed by atoms with Crippen molar-refractivity contribution in [3.63, 3.8) is 0 Å². The van der Waals surface area contributed by atoms with E-state index in [2.05, 4.69) is 0 Å². The summed E-state index contributed by atoms with van der Waals surface area (Å²) in [5, 5.41) is 21.0. The van der Waals surface area contributed by atoms with E-state index in [1.165, 1.54) is 23.1 Å². The standard InChI is InChI=1S/C23H25ClN2O5/c1-4-31-18-10-7-15(13-17(18)24)21(28)19-20(14-5-8-16(27)9-6-14)26(12-11-25(2)3)23(30)22(19)29/h5-10,13,20,27-28H,4,11-12H2,1-3H3. The van der Waals surface area contributed by atoms with Crippen molar-refractivity contribution in [1.29, 1.82) is 0 Å². The number of benzene rings is 2. The van der Waals surface area contributed by atoms with Crippen LogP contribution in [-0.4, -0.2) is 65.5 Å². The quantitative estimate of drug-likeness (QED) is 0.386. The van der Waals surface area contributed by atoms with Gasteiger partial charge in [-0.05, 0) is 56.9 Å². The van der Waals surface area contributed by atoms with Gasteiger partial charge >= 0.3 is 0 Å². The Morgan fingerprint density at radius 1 is 1.16 bits per heavy atom. The Balaban J connectivity index is 2.12. The molecule has 1 fully saturated rings. The number of ether oxygens (including phenoxy) is 1. The van der Waals surface area contributed by atoms with Gasteiger partial charge in [-0.2, -0.15) is 0 Å². The van der Waals surface area contributed by atoms with Crippen LogP contribution in [0.5, 0.6) is 11.5 Å². The Morgan fingerprint density at radius 3 is 2.42 bits per heavy atom. The number of likely N-dealkylation sites (N-methyl/N-ethyl adjacent to an activating group) is 1. The predicted molar refractivity (Wildman–Crippen MR) is 118 cm³/mol. The molecule has 1 heterocycles. The van der Waals surface area contributed by atoms with Crippen LogP contribution in [0.15, 0.2) is 48.0 Å². The van der Waals surface area contributed by atoms with Gasteiger partial charge in [-0.25, -0.2) is 0 Å². The lowest BCUT2D eigenvalue weighted by atomic mass is 9.95. The highest BCUT2D eigenvalue weighted by molar-refractivity contribution is 6.46. The summed E-state index contributed by atoms with van der Waals surface area (Å²) < 4.78 is 5.42. The highest BCUT2D eigenvalue weighted by Crippen LogP contribution is 2.40.